The molecule has 0 unspecified atom stereocenters. The molecule has 0 atom stereocenters. The summed E-state index contributed by atoms with van der Waals surface area (Å²) in [5.74, 6) is -0.277. The molecule has 1 heterocycles. The molecule has 1 aromatic heterocycles. The number of carbonyl (C=O) groups excluding carboxylic acids is 1. The maximum atomic E-state index is 12.1. The SMILES string of the molecule is N#Cc1cccnc1NC(=O)c1cc(N)ccc1Cl. The summed E-state index contributed by atoms with van der Waals surface area (Å²) in [6, 6.07) is 9.72. The Hall–Kier alpha value is -2.58. The number of aromatic nitrogens is 1. The first-order valence-corrected chi connectivity index (χ1v) is 5.71. The molecule has 0 radical (unpaired) electrons. The Balaban J connectivity index is 2.31. The minimum Gasteiger partial charge on any atom is -0.399 e. The van der Waals surface area contributed by atoms with Gasteiger partial charge in [0.25, 0.3) is 5.91 Å². The van der Waals surface area contributed by atoms with E-state index in [1.807, 2.05) is 6.07 Å². The standard InChI is InChI=1S/C13H9ClN4O/c14-11-4-3-9(16)6-10(11)13(19)18-12-8(7-15)2-1-5-17-12/h1-6H,16H2,(H,17,18,19). The van der Waals surface area contributed by atoms with Gasteiger partial charge in [-0.15, -0.1) is 0 Å². The predicted octanol–water partition coefficient (Wildman–Crippen LogP) is 2.44. The molecule has 19 heavy (non-hydrogen) atoms. The Bertz CT molecular complexity index is 679. The summed E-state index contributed by atoms with van der Waals surface area (Å²) in [6.07, 6.45) is 1.48. The number of carbonyl (C=O) groups is 1. The lowest BCUT2D eigenvalue weighted by atomic mass is 10.2. The fourth-order valence-corrected chi connectivity index (χ4v) is 1.69. The van der Waals surface area contributed by atoms with Crippen LogP contribution in [-0.4, -0.2) is 10.9 Å². The third-order valence-electron chi connectivity index (χ3n) is 2.40. The minimum atomic E-state index is -0.465. The third kappa shape index (κ3) is 2.81. The minimum absolute atomic E-state index is 0.188. The van der Waals surface area contributed by atoms with Crippen LogP contribution in [0.4, 0.5) is 11.5 Å². The van der Waals surface area contributed by atoms with Gasteiger partial charge in [-0.05, 0) is 30.3 Å². The van der Waals surface area contributed by atoms with Gasteiger partial charge >= 0.3 is 0 Å². The lowest BCUT2D eigenvalue weighted by Crippen LogP contribution is -2.14. The summed E-state index contributed by atoms with van der Waals surface area (Å²) in [7, 11) is 0. The summed E-state index contributed by atoms with van der Waals surface area (Å²) >= 11 is 5.93. The molecule has 2 rings (SSSR count). The Kier molecular flexibility index (Phi) is 3.64. The first-order chi connectivity index (χ1) is 9.11. The molecule has 0 fully saturated rings. The number of halogens is 1. The van der Waals surface area contributed by atoms with Crippen LogP contribution in [0, 0.1) is 11.3 Å². The molecule has 3 N–H and O–H groups in total. The first-order valence-electron chi connectivity index (χ1n) is 5.33. The number of amides is 1. The van der Waals surface area contributed by atoms with Gasteiger partial charge in [0.05, 0.1) is 16.1 Å². The van der Waals surface area contributed by atoms with Crippen molar-refractivity contribution in [2.45, 2.75) is 0 Å². The first kappa shape index (κ1) is 12.9. The van der Waals surface area contributed by atoms with Crippen molar-refractivity contribution in [2.75, 3.05) is 11.1 Å². The van der Waals surface area contributed by atoms with Gasteiger partial charge in [-0.1, -0.05) is 11.6 Å². The Morgan fingerprint density at radius 3 is 2.95 bits per heavy atom. The second-order valence-corrected chi connectivity index (χ2v) is 4.11. The van der Waals surface area contributed by atoms with Crippen molar-refractivity contribution in [1.82, 2.24) is 4.98 Å². The highest BCUT2D eigenvalue weighted by molar-refractivity contribution is 6.34. The van der Waals surface area contributed by atoms with E-state index in [1.54, 1.807) is 18.2 Å². The lowest BCUT2D eigenvalue weighted by Gasteiger charge is -2.07. The van der Waals surface area contributed by atoms with Gasteiger partial charge in [0.1, 0.15) is 6.07 Å². The van der Waals surface area contributed by atoms with E-state index < -0.39 is 5.91 Å². The molecule has 1 aromatic carbocycles. The zero-order valence-corrected chi connectivity index (χ0v) is 10.5. The van der Waals surface area contributed by atoms with Gasteiger partial charge < -0.3 is 11.1 Å². The van der Waals surface area contributed by atoms with Gasteiger partial charge in [-0.3, -0.25) is 4.79 Å². The zero-order valence-electron chi connectivity index (χ0n) is 9.72. The van der Waals surface area contributed by atoms with Crippen LogP contribution >= 0.6 is 11.6 Å². The van der Waals surface area contributed by atoms with Crippen LogP contribution in [-0.2, 0) is 0 Å². The van der Waals surface area contributed by atoms with Gasteiger partial charge in [-0.25, -0.2) is 4.98 Å². The van der Waals surface area contributed by atoms with E-state index in [-0.39, 0.29) is 22.0 Å². The highest BCUT2D eigenvalue weighted by Crippen LogP contribution is 2.20. The number of benzene rings is 1. The van der Waals surface area contributed by atoms with E-state index >= 15 is 0 Å². The monoisotopic (exact) mass is 272 g/mol. The van der Waals surface area contributed by atoms with Crippen LogP contribution < -0.4 is 11.1 Å². The average Bonchev–Trinajstić information content (AvgIpc) is 2.42. The number of anilines is 2. The van der Waals surface area contributed by atoms with Gasteiger partial charge in [-0.2, -0.15) is 5.26 Å². The Morgan fingerprint density at radius 2 is 2.21 bits per heavy atom. The number of nitrogens with zero attached hydrogens (tertiary/aromatic N) is 2. The molecule has 2 aromatic rings. The van der Waals surface area contributed by atoms with Gasteiger partial charge in [0.2, 0.25) is 0 Å². The van der Waals surface area contributed by atoms with E-state index in [0.29, 0.717) is 5.69 Å². The molecule has 0 aliphatic rings. The van der Waals surface area contributed by atoms with Crippen molar-refractivity contribution < 1.29 is 4.79 Å². The molecular weight excluding hydrogens is 264 g/mol. The number of nitrogens with one attached hydrogen (secondary N) is 1. The molecule has 0 bridgehead atoms. The van der Waals surface area contributed by atoms with Crippen molar-refractivity contribution in [3.8, 4) is 6.07 Å². The summed E-state index contributed by atoms with van der Waals surface area (Å²) in [5, 5.41) is 11.7. The number of nitrogen functional groups attached to an aromatic ring is 1. The highest BCUT2D eigenvalue weighted by Gasteiger charge is 2.13. The van der Waals surface area contributed by atoms with E-state index in [4.69, 9.17) is 22.6 Å². The topological polar surface area (TPSA) is 91.8 Å². The number of nitriles is 1. The third-order valence-corrected chi connectivity index (χ3v) is 2.72. The van der Waals surface area contributed by atoms with Crippen molar-refractivity contribution in [3.05, 3.63) is 52.7 Å². The number of pyridine rings is 1. The fraction of sp³-hybridized carbons (Fsp3) is 0. The van der Waals surface area contributed by atoms with Crippen LogP contribution in [0.1, 0.15) is 15.9 Å². The summed E-state index contributed by atoms with van der Waals surface area (Å²) in [4.78, 5) is 16.0. The second-order valence-electron chi connectivity index (χ2n) is 3.70. The number of nitrogens with two attached hydrogens (primary N) is 1. The van der Waals surface area contributed by atoms with Crippen molar-refractivity contribution in [3.63, 3.8) is 0 Å². The van der Waals surface area contributed by atoms with Crippen molar-refractivity contribution in [1.29, 1.82) is 5.26 Å². The fourth-order valence-electron chi connectivity index (χ4n) is 1.49. The predicted molar refractivity (Wildman–Crippen MR) is 72.8 cm³/mol. The van der Waals surface area contributed by atoms with Crippen molar-refractivity contribution >= 4 is 29.0 Å². The van der Waals surface area contributed by atoms with Gasteiger partial charge in [0.15, 0.2) is 5.82 Å². The van der Waals surface area contributed by atoms with Crippen LogP contribution in [0.3, 0.4) is 0 Å². The molecule has 0 aliphatic carbocycles. The van der Waals surface area contributed by atoms with Crippen LogP contribution in [0.5, 0.6) is 0 Å². The average molecular weight is 273 g/mol. The quantitative estimate of drug-likeness (QED) is 0.821. The van der Waals surface area contributed by atoms with Crippen LogP contribution in [0.2, 0.25) is 5.02 Å². The molecular formula is C13H9ClN4O. The summed E-state index contributed by atoms with van der Waals surface area (Å²) < 4.78 is 0. The normalized spacial score (nSPS) is 9.68. The Labute approximate surface area is 114 Å². The molecule has 5 nitrogen and oxygen atoms in total. The number of rotatable bonds is 2. The largest absolute Gasteiger partial charge is 0.399 e. The number of hydrogen-bond acceptors (Lipinski definition) is 4. The maximum absolute atomic E-state index is 12.1. The summed E-state index contributed by atoms with van der Waals surface area (Å²) in [6.45, 7) is 0. The van der Waals surface area contributed by atoms with Crippen molar-refractivity contribution in [2.24, 2.45) is 0 Å². The lowest BCUT2D eigenvalue weighted by molar-refractivity contribution is 0.102. The van der Waals surface area contributed by atoms with Gasteiger partial charge in [0, 0.05) is 11.9 Å². The van der Waals surface area contributed by atoms with Crippen LogP contribution in [0.25, 0.3) is 0 Å². The van der Waals surface area contributed by atoms with E-state index in [9.17, 15) is 4.79 Å². The molecule has 6 heteroatoms. The second kappa shape index (κ2) is 5.38. The van der Waals surface area contributed by atoms with E-state index in [0.717, 1.165) is 0 Å². The smallest absolute Gasteiger partial charge is 0.258 e. The molecule has 0 spiro atoms. The molecule has 0 saturated carbocycles. The molecule has 0 saturated heterocycles. The molecule has 1 amide bonds. The Morgan fingerprint density at radius 1 is 1.42 bits per heavy atom. The summed E-state index contributed by atoms with van der Waals surface area (Å²) in [5.41, 5.74) is 6.54. The highest BCUT2D eigenvalue weighted by atomic mass is 35.5. The zero-order chi connectivity index (χ0) is 13.8. The van der Waals surface area contributed by atoms with E-state index in [1.165, 1.54) is 18.3 Å². The number of hydrogen-bond donors (Lipinski definition) is 2. The molecule has 94 valence electrons. The molecule has 0 aliphatic heterocycles. The maximum Gasteiger partial charge on any atom is 0.258 e. The van der Waals surface area contributed by atoms with E-state index in [2.05, 4.69) is 10.3 Å². The van der Waals surface area contributed by atoms with Crippen LogP contribution in [0.15, 0.2) is 36.5 Å².